The van der Waals surface area contributed by atoms with E-state index in [1.807, 2.05) is 6.92 Å². The van der Waals surface area contributed by atoms with Gasteiger partial charge in [-0.3, -0.25) is 4.68 Å². The predicted molar refractivity (Wildman–Crippen MR) is 81.2 cm³/mol. The topological polar surface area (TPSA) is 56.5 Å². The minimum absolute atomic E-state index is 0.363. The van der Waals surface area contributed by atoms with Crippen LogP contribution in [0.5, 0.6) is 11.5 Å². The summed E-state index contributed by atoms with van der Waals surface area (Å²) >= 11 is 6.21. The lowest BCUT2D eigenvalue weighted by Crippen LogP contribution is -2.05. The zero-order chi connectivity index (χ0) is 15.6. The Labute approximate surface area is 129 Å². The van der Waals surface area contributed by atoms with Crippen molar-refractivity contribution in [3.63, 3.8) is 0 Å². The summed E-state index contributed by atoms with van der Waals surface area (Å²) in [7, 11) is 4.93. The Morgan fingerprint density at radius 1 is 1.33 bits per heavy atom. The van der Waals surface area contributed by atoms with Gasteiger partial charge in [0.05, 0.1) is 26.0 Å². The third-order valence-electron chi connectivity index (χ3n) is 3.46. The summed E-state index contributed by atoms with van der Waals surface area (Å²) in [4.78, 5) is 0. The van der Waals surface area contributed by atoms with Gasteiger partial charge in [0.1, 0.15) is 16.7 Å². The first-order valence-electron chi connectivity index (χ1n) is 6.55. The van der Waals surface area contributed by atoms with Crippen LogP contribution >= 0.6 is 11.6 Å². The number of benzene rings is 1. The first kappa shape index (κ1) is 15.7. The molecule has 21 heavy (non-hydrogen) atoms. The number of hydrogen-bond donors (Lipinski definition) is 1. The molecule has 1 aromatic carbocycles. The number of aromatic nitrogens is 2. The van der Waals surface area contributed by atoms with E-state index >= 15 is 0 Å². The molecule has 0 aliphatic carbocycles. The highest BCUT2D eigenvalue weighted by Crippen LogP contribution is 2.33. The molecule has 0 fully saturated rings. The van der Waals surface area contributed by atoms with Gasteiger partial charge in [0.2, 0.25) is 0 Å². The van der Waals surface area contributed by atoms with Crippen LogP contribution in [0.4, 0.5) is 0 Å². The second-order valence-corrected chi connectivity index (χ2v) is 5.16. The van der Waals surface area contributed by atoms with Gasteiger partial charge in [0.15, 0.2) is 0 Å². The van der Waals surface area contributed by atoms with Crippen LogP contribution in [0.2, 0.25) is 5.15 Å². The predicted octanol–water partition coefficient (Wildman–Crippen LogP) is 2.68. The van der Waals surface area contributed by atoms with Gasteiger partial charge in [-0.25, -0.2) is 0 Å². The molecule has 1 aromatic heterocycles. The van der Waals surface area contributed by atoms with Crippen LogP contribution in [0.15, 0.2) is 18.2 Å². The van der Waals surface area contributed by atoms with Crippen molar-refractivity contribution in [2.24, 2.45) is 7.05 Å². The van der Waals surface area contributed by atoms with E-state index in [4.69, 9.17) is 21.1 Å². The first-order chi connectivity index (χ1) is 9.97. The first-order valence-corrected chi connectivity index (χ1v) is 6.93. The summed E-state index contributed by atoms with van der Waals surface area (Å²) in [6.45, 7) is 1.87. The van der Waals surface area contributed by atoms with E-state index in [9.17, 15) is 5.11 Å². The van der Waals surface area contributed by atoms with Crippen molar-refractivity contribution >= 4 is 11.6 Å². The molecule has 114 valence electrons. The monoisotopic (exact) mass is 310 g/mol. The van der Waals surface area contributed by atoms with Crippen LogP contribution < -0.4 is 9.47 Å². The molecule has 0 radical (unpaired) electrons. The zero-order valence-electron chi connectivity index (χ0n) is 12.6. The lowest BCUT2D eigenvalue weighted by Gasteiger charge is -2.16. The third kappa shape index (κ3) is 3.14. The summed E-state index contributed by atoms with van der Waals surface area (Å²) in [6, 6.07) is 5.33. The summed E-state index contributed by atoms with van der Waals surface area (Å²) in [5.41, 5.74) is 2.30. The Balaban J connectivity index is 2.33. The van der Waals surface area contributed by atoms with Crippen molar-refractivity contribution in [3.05, 3.63) is 40.2 Å². The Morgan fingerprint density at radius 2 is 2.05 bits per heavy atom. The Kier molecular flexibility index (Phi) is 4.75. The Hall–Kier alpha value is -1.72. The number of aryl methyl sites for hydroxylation is 2. The van der Waals surface area contributed by atoms with Gasteiger partial charge < -0.3 is 14.6 Å². The van der Waals surface area contributed by atoms with Gasteiger partial charge in [-0.2, -0.15) is 5.10 Å². The minimum atomic E-state index is -0.754. The third-order valence-corrected chi connectivity index (χ3v) is 3.94. The second kappa shape index (κ2) is 6.37. The molecule has 2 rings (SSSR count). The largest absolute Gasteiger partial charge is 0.497 e. The van der Waals surface area contributed by atoms with Crippen molar-refractivity contribution in [1.29, 1.82) is 0 Å². The molecule has 0 saturated carbocycles. The fraction of sp³-hybridized carbons (Fsp3) is 0.400. The normalized spacial score (nSPS) is 12.3. The van der Waals surface area contributed by atoms with E-state index in [1.165, 1.54) is 0 Å². The van der Waals surface area contributed by atoms with E-state index in [1.54, 1.807) is 44.1 Å². The maximum Gasteiger partial charge on any atom is 0.130 e. The van der Waals surface area contributed by atoms with E-state index in [2.05, 4.69) is 5.10 Å². The Bertz CT molecular complexity index is 640. The molecule has 0 spiro atoms. The number of aliphatic hydroxyl groups is 1. The van der Waals surface area contributed by atoms with Gasteiger partial charge in [0.25, 0.3) is 0 Å². The molecule has 6 heteroatoms. The summed E-state index contributed by atoms with van der Waals surface area (Å²) in [5.74, 6) is 1.28. The number of nitrogens with zero attached hydrogens (tertiary/aromatic N) is 2. The van der Waals surface area contributed by atoms with Crippen molar-refractivity contribution in [3.8, 4) is 11.5 Å². The van der Waals surface area contributed by atoms with Crippen LogP contribution in [0.3, 0.4) is 0 Å². The summed E-state index contributed by atoms with van der Waals surface area (Å²) < 4.78 is 12.1. The van der Waals surface area contributed by atoms with Crippen LogP contribution in [0, 0.1) is 6.92 Å². The standard InChI is InChI=1S/C15H19ClN2O3/c1-9-11(15(16)18(2)17-9)8-13(19)12-7-10(20-3)5-6-14(12)21-4/h5-7,13,19H,8H2,1-4H3. The van der Waals surface area contributed by atoms with Crippen molar-refractivity contribution in [2.45, 2.75) is 19.4 Å². The van der Waals surface area contributed by atoms with Gasteiger partial charge in [-0.1, -0.05) is 11.6 Å². The highest BCUT2D eigenvalue weighted by molar-refractivity contribution is 6.30. The summed E-state index contributed by atoms with van der Waals surface area (Å²) in [6.07, 6.45) is -0.391. The average Bonchev–Trinajstić information content (AvgIpc) is 2.72. The van der Waals surface area contributed by atoms with Gasteiger partial charge >= 0.3 is 0 Å². The quantitative estimate of drug-likeness (QED) is 0.922. The van der Waals surface area contributed by atoms with Crippen LogP contribution in [0.25, 0.3) is 0 Å². The maximum atomic E-state index is 10.5. The highest BCUT2D eigenvalue weighted by Gasteiger charge is 2.20. The molecule has 1 unspecified atom stereocenters. The molecule has 1 heterocycles. The number of rotatable bonds is 5. The zero-order valence-corrected chi connectivity index (χ0v) is 13.3. The number of halogens is 1. The fourth-order valence-electron chi connectivity index (χ4n) is 2.31. The van der Waals surface area contributed by atoms with E-state index in [0.29, 0.717) is 28.6 Å². The molecule has 0 saturated heterocycles. The number of ether oxygens (including phenoxy) is 2. The molecule has 1 N–H and O–H groups in total. The number of aliphatic hydroxyl groups excluding tert-OH is 1. The molecular weight excluding hydrogens is 292 g/mol. The SMILES string of the molecule is COc1ccc(OC)c(C(O)Cc2c(C)nn(C)c2Cl)c1. The number of hydrogen-bond acceptors (Lipinski definition) is 4. The van der Waals surface area contributed by atoms with Gasteiger partial charge in [0, 0.05) is 24.6 Å². The van der Waals surface area contributed by atoms with Crippen LogP contribution in [0.1, 0.15) is 22.9 Å². The van der Waals surface area contributed by atoms with E-state index in [-0.39, 0.29) is 0 Å². The minimum Gasteiger partial charge on any atom is -0.497 e. The van der Waals surface area contributed by atoms with Gasteiger partial charge in [-0.15, -0.1) is 0 Å². The van der Waals surface area contributed by atoms with Crippen LogP contribution in [-0.2, 0) is 13.5 Å². The molecule has 0 amide bonds. The number of methoxy groups -OCH3 is 2. The van der Waals surface area contributed by atoms with Crippen molar-refractivity contribution < 1.29 is 14.6 Å². The second-order valence-electron chi connectivity index (χ2n) is 4.81. The average molecular weight is 311 g/mol. The smallest absolute Gasteiger partial charge is 0.130 e. The molecule has 0 aliphatic heterocycles. The molecule has 1 atom stereocenters. The lowest BCUT2D eigenvalue weighted by atomic mass is 10.0. The van der Waals surface area contributed by atoms with Crippen LogP contribution in [-0.4, -0.2) is 29.1 Å². The van der Waals surface area contributed by atoms with E-state index < -0.39 is 6.10 Å². The molecule has 2 aromatic rings. The van der Waals surface area contributed by atoms with Gasteiger partial charge in [-0.05, 0) is 25.1 Å². The maximum absolute atomic E-state index is 10.5. The molecule has 0 aliphatic rings. The van der Waals surface area contributed by atoms with Crippen molar-refractivity contribution in [2.75, 3.05) is 14.2 Å². The summed E-state index contributed by atoms with van der Waals surface area (Å²) in [5, 5.41) is 15.3. The fourth-order valence-corrected chi connectivity index (χ4v) is 2.56. The molecular formula is C15H19ClN2O3. The van der Waals surface area contributed by atoms with Crippen molar-refractivity contribution in [1.82, 2.24) is 9.78 Å². The highest BCUT2D eigenvalue weighted by atomic mass is 35.5. The Morgan fingerprint density at radius 3 is 2.57 bits per heavy atom. The molecule has 5 nitrogen and oxygen atoms in total. The van der Waals surface area contributed by atoms with E-state index in [0.717, 1.165) is 11.3 Å². The lowest BCUT2D eigenvalue weighted by molar-refractivity contribution is 0.173. The molecule has 0 bridgehead atoms.